The molecule has 152 valence electrons. The van der Waals surface area contributed by atoms with Gasteiger partial charge in [-0.1, -0.05) is 29.4 Å². The van der Waals surface area contributed by atoms with Gasteiger partial charge in [0.2, 0.25) is 0 Å². The van der Waals surface area contributed by atoms with Crippen LogP contribution in [0.3, 0.4) is 0 Å². The third-order valence-corrected chi connectivity index (χ3v) is 5.06. The van der Waals surface area contributed by atoms with Crippen LogP contribution in [0.4, 0.5) is 30.7 Å². The molecule has 2 aromatic heterocycles. The molecule has 2 aromatic carbocycles. The van der Waals surface area contributed by atoms with Crippen LogP contribution in [0.5, 0.6) is 0 Å². The molecule has 0 unspecified atom stereocenters. The van der Waals surface area contributed by atoms with Crippen molar-refractivity contribution in [2.75, 3.05) is 10.6 Å². The number of rotatable bonds is 4. The fourth-order valence-electron chi connectivity index (χ4n) is 3.68. The van der Waals surface area contributed by atoms with Gasteiger partial charge in [-0.3, -0.25) is 0 Å². The second kappa shape index (κ2) is 7.01. The zero-order valence-electron chi connectivity index (χ0n) is 15.6. The smallest absolute Gasteiger partial charge is 0.399 e. The Kier molecular flexibility index (Phi) is 4.30. The highest BCUT2D eigenvalue weighted by molar-refractivity contribution is 5.84. The van der Waals surface area contributed by atoms with E-state index in [2.05, 4.69) is 48.4 Å². The first-order chi connectivity index (χ1) is 14.5. The molecular weight excluding hydrogens is 395 g/mol. The van der Waals surface area contributed by atoms with Gasteiger partial charge in [0.05, 0.1) is 11.6 Å². The summed E-state index contributed by atoms with van der Waals surface area (Å²) >= 11 is 0. The van der Waals surface area contributed by atoms with E-state index < -0.39 is 12.1 Å². The maximum Gasteiger partial charge on any atom is 0.470 e. The van der Waals surface area contributed by atoms with Gasteiger partial charge in [0.15, 0.2) is 0 Å². The third-order valence-electron chi connectivity index (χ3n) is 5.06. The summed E-state index contributed by atoms with van der Waals surface area (Å²) in [5.74, 6) is -0.617. The number of aromatic nitrogens is 3. The Morgan fingerprint density at radius 3 is 2.70 bits per heavy atom. The van der Waals surface area contributed by atoms with Crippen LogP contribution in [-0.2, 0) is 12.6 Å². The highest BCUT2D eigenvalue weighted by Gasteiger charge is 2.38. The Morgan fingerprint density at radius 1 is 1.00 bits per heavy atom. The lowest BCUT2D eigenvalue weighted by Crippen LogP contribution is -2.08. The first-order valence-corrected chi connectivity index (χ1v) is 9.38. The van der Waals surface area contributed by atoms with Crippen molar-refractivity contribution in [2.45, 2.75) is 25.1 Å². The summed E-state index contributed by atoms with van der Waals surface area (Å²) in [5, 5.41) is 13.4. The Labute approximate surface area is 169 Å². The maximum atomic E-state index is 12.6. The average molecular weight is 411 g/mol. The summed E-state index contributed by atoms with van der Waals surface area (Å²) in [5.41, 5.74) is 3.95. The average Bonchev–Trinajstić information content (AvgIpc) is 3.36. The van der Waals surface area contributed by atoms with E-state index in [4.69, 9.17) is 0 Å². The van der Waals surface area contributed by atoms with Crippen molar-refractivity contribution < 1.29 is 17.6 Å². The van der Waals surface area contributed by atoms with Crippen molar-refractivity contribution >= 4 is 28.4 Å². The number of benzene rings is 2. The van der Waals surface area contributed by atoms with Crippen LogP contribution in [0.2, 0.25) is 0 Å². The fraction of sp³-hybridized carbons (Fsp3) is 0.190. The predicted octanol–water partition coefficient (Wildman–Crippen LogP) is 5.48. The largest absolute Gasteiger partial charge is 0.470 e. The fourth-order valence-corrected chi connectivity index (χ4v) is 3.68. The first-order valence-electron chi connectivity index (χ1n) is 9.38. The number of pyridine rings is 1. The molecule has 2 heterocycles. The standard InChI is InChI=1S/C21H16F3N5O/c22-21(23,24)19-28-29-20(30-19)25-14-7-9-16-13(11-14)6-10-18(26-16)27-17-8-5-12-3-1-2-4-15(12)17/h1-4,6-7,9-11,17H,5,8H2,(H,25,29)(H,26,27)/t17-/m1/s1. The number of alkyl halides is 3. The summed E-state index contributed by atoms with van der Waals surface area (Å²) < 4.78 is 42.3. The number of aryl methyl sites for hydroxylation is 1. The van der Waals surface area contributed by atoms with Crippen molar-refractivity contribution in [3.05, 3.63) is 71.6 Å². The molecule has 0 amide bonds. The number of fused-ring (bicyclic) bond motifs is 2. The summed E-state index contributed by atoms with van der Waals surface area (Å²) in [6.07, 6.45) is -2.61. The highest BCUT2D eigenvalue weighted by atomic mass is 19.4. The molecule has 0 saturated carbocycles. The lowest BCUT2D eigenvalue weighted by atomic mass is 10.1. The predicted molar refractivity (Wildman–Crippen MR) is 105 cm³/mol. The van der Waals surface area contributed by atoms with Gasteiger partial charge in [-0.25, -0.2) is 4.98 Å². The molecule has 0 fully saturated rings. The molecule has 0 bridgehead atoms. The molecule has 9 heteroatoms. The van der Waals surface area contributed by atoms with E-state index in [-0.39, 0.29) is 12.1 Å². The molecule has 0 spiro atoms. The lowest BCUT2D eigenvalue weighted by molar-refractivity contribution is -0.156. The van der Waals surface area contributed by atoms with Gasteiger partial charge in [0, 0.05) is 11.1 Å². The zero-order valence-corrected chi connectivity index (χ0v) is 15.6. The van der Waals surface area contributed by atoms with Gasteiger partial charge in [-0.15, -0.1) is 5.10 Å². The number of anilines is 3. The Morgan fingerprint density at radius 2 is 1.87 bits per heavy atom. The normalized spacial score (nSPS) is 15.9. The van der Waals surface area contributed by atoms with Crippen LogP contribution in [0, 0.1) is 0 Å². The number of halogens is 3. The summed E-state index contributed by atoms with van der Waals surface area (Å²) in [7, 11) is 0. The van der Waals surface area contributed by atoms with Gasteiger partial charge < -0.3 is 15.1 Å². The molecule has 1 aliphatic rings. The minimum Gasteiger partial charge on any atom is -0.399 e. The van der Waals surface area contributed by atoms with E-state index >= 15 is 0 Å². The number of hydrogen-bond donors (Lipinski definition) is 2. The topological polar surface area (TPSA) is 75.9 Å². The molecule has 0 saturated heterocycles. The number of nitrogens with one attached hydrogen (secondary N) is 2. The van der Waals surface area contributed by atoms with Crippen LogP contribution in [-0.4, -0.2) is 15.2 Å². The Hall–Kier alpha value is -3.62. The molecule has 4 aromatic rings. The third kappa shape index (κ3) is 3.54. The van der Waals surface area contributed by atoms with Crippen molar-refractivity contribution in [2.24, 2.45) is 0 Å². The second-order valence-corrected chi connectivity index (χ2v) is 7.07. The zero-order chi connectivity index (χ0) is 20.7. The Balaban J connectivity index is 1.34. The molecule has 2 N–H and O–H groups in total. The monoisotopic (exact) mass is 411 g/mol. The first kappa shape index (κ1) is 18.4. The van der Waals surface area contributed by atoms with Crippen molar-refractivity contribution in [3.8, 4) is 0 Å². The van der Waals surface area contributed by atoms with Crippen molar-refractivity contribution in [3.63, 3.8) is 0 Å². The van der Waals surface area contributed by atoms with E-state index in [0.717, 1.165) is 29.6 Å². The summed E-state index contributed by atoms with van der Waals surface area (Å²) in [6, 6.07) is 17.3. The Bertz CT molecular complexity index is 1220. The minimum absolute atomic E-state index is 0.229. The van der Waals surface area contributed by atoms with E-state index in [0.29, 0.717) is 5.69 Å². The molecule has 30 heavy (non-hydrogen) atoms. The van der Waals surface area contributed by atoms with Crippen LogP contribution in [0.1, 0.15) is 29.5 Å². The second-order valence-electron chi connectivity index (χ2n) is 7.07. The molecule has 1 atom stereocenters. The summed E-state index contributed by atoms with van der Waals surface area (Å²) in [6.45, 7) is 0. The maximum absolute atomic E-state index is 12.6. The SMILES string of the molecule is FC(F)(F)c1nnc(Nc2ccc3nc(N[C@@H]4CCc5ccccc54)ccc3c2)o1. The highest BCUT2D eigenvalue weighted by Crippen LogP contribution is 2.34. The van der Waals surface area contributed by atoms with Gasteiger partial charge in [-0.05, 0) is 54.3 Å². The molecule has 6 nitrogen and oxygen atoms in total. The molecular formula is C21H16F3N5O. The van der Waals surface area contributed by atoms with E-state index in [9.17, 15) is 13.2 Å². The van der Waals surface area contributed by atoms with Gasteiger partial charge >= 0.3 is 18.1 Å². The number of hydrogen-bond acceptors (Lipinski definition) is 6. The van der Waals surface area contributed by atoms with Crippen LogP contribution < -0.4 is 10.6 Å². The van der Waals surface area contributed by atoms with Crippen molar-refractivity contribution in [1.82, 2.24) is 15.2 Å². The van der Waals surface area contributed by atoms with Gasteiger partial charge in [-0.2, -0.15) is 13.2 Å². The van der Waals surface area contributed by atoms with Crippen LogP contribution in [0.25, 0.3) is 10.9 Å². The molecule has 0 radical (unpaired) electrons. The minimum atomic E-state index is -4.68. The van der Waals surface area contributed by atoms with Crippen LogP contribution in [0.15, 0.2) is 59.0 Å². The quantitative estimate of drug-likeness (QED) is 0.463. The van der Waals surface area contributed by atoms with Gasteiger partial charge in [0.25, 0.3) is 0 Å². The molecule has 1 aliphatic carbocycles. The van der Waals surface area contributed by atoms with Gasteiger partial charge in [0.1, 0.15) is 5.82 Å². The van der Waals surface area contributed by atoms with E-state index in [1.807, 2.05) is 18.2 Å². The van der Waals surface area contributed by atoms with E-state index in [1.165, 1.54) is 11.1 Å². The van der Waals surface area contributed by atoms with Crippen LogP contribution >= 0.6 is 0 Å². The van der Waals surface area contributed by atoms with E-state index in [1.54, 1.807) is 18.2 Å². The molecule has 5 rings (SSSR count). The molecule has 0 aliphatic heterocycles. The lowest BCUT2D eigenvalue weighted by Gasteiger charge is -2.15. The number of nitrogens with zero attached hydrogens (tertiary/aromatic N) is 3. The van der Waals surface area contributed by atoms with Crippen molar-refractivity contribution in [1.29, 1.82) is 0 Å². The summed E-state index contributed by atoms with van der Waals surface area (Å²) in [4.78, 5) is 4.66.